The van der Waals surface area contributed by atoms with Crippen molar-refractivity contribution in [2.45, 2.75) is 89.4 Å². The molecular weight excluding hydrogens is 729 g/mol. The summed E-state index contributed by atoms with van der Waals surface area (Å²) >= 11 is 6.48. The summed E-state index contributed by atoms with van der Waals surface area (Å²) in [5.74, 6) is 3.61. The summed E-state index contributed by atoms with van der Waals surface area (Å²) in [4.78, 5) is 18.3. The Morgan fingerprint density at radius 2 is 1.71 bits per heavy atom. The van der Waals surface area contributed by atoms with E-state index in [-0.39, 0.29) is 56.2 Å². The zero-order valence-electron chi connectivity index (χ0n) is 29.2. The molecule has 52 heavy (non-hydrogen) atoms. The first-order valence-corrected chi connectivity index (χ1v) is 18.5. The van der Waals surface area contributed by atoms with Gasteiger partial charge in [-0.3, -0.25) is 0 Å². The van der Waals surface area contributed by atoms with E-state index < -0.39 is 56.7 Å². The second-order valence-corrected chi connectivity index (χ2v) is 17.1. The molecule has 2 atom stereocenters. The maximum Gasteiger partial charge on any atom is 0.408 e. The van der Waals surface area contributed by atoms with Crippen molar-refractivity contribution in [3.05, 3.63) is 75.1 Å². The van der Waals surface area contributed by atoms with Crippen LogP contribution >= 0.6 is 11.6 Å². The molecule has 278 valence electrons. The lowest BCUT2D eigenvalue weighted by Crippen LogP contribution is -2.36. The summed E-state index contributed by atoms with van der Waals surface area (Å²) in [5, 5.41) is 6.61. The molecule has 0 spiro atoms. The van der Waals surface area contributed by atoms with Gasteiger partial charge >= 0.3 is 6.09 Å². The average molecular weight is 766 g/mol. The number of ether oxygens (including phenoxy) is 1. The largest absolute Gasteiger partial charge is 0.444 e. The van der Waals surface area contributed by atoms with Gasteiger partial charge in [-0.2, -0.15) is 5.10 Å². The lowest BCUT2D eigenvalue weighted by Gasteiger charge is -2.27. The number of carbonyl (C=O) groups is 1. The Labute approximate surface area is 303 Å². The molecule has 9 nitrogen and oxygen atoms in total. The van der Waals surface area contributed by atoms with Crippen LogP contribution in [0.25, 0.3) is 22.0 Å². The molecule has 2 aromatic carbocycles. The first kappa shape index (κ1) is 38.8. The van der Waals surface area contributed by atoms with Gasteiger partial charge in [0.05, 0.1) is 27.7 Å². The summed E-state index contributed by atoms with van der Waals surface area (Å²) in [5.41, 5.74) is 6.87. The van der Waals surface area contributed by atoms with E-state index in [0.717, 1.165) is 18.4 Å². The van der Waals surface area contributed by atoms with Crippen molar-refractivity contribution in [3.8, 4) is 23.0 Å². The molecule has 1 unspecified atom stereocenters. The molecule has 1 amide bonds. The number of rotatable bonds is 8. The van der Waals surface area contributed by atoms with Gasteiger partial charge in [-0.1, -0.05) is 23.6 Å². The van der Waals surface area contributed by atoms with Gasteiger partial charge in [-0.25, -0.2) is 44.8 Å². The Morgan fingerprint density at radius 1 is 1.08 bits per heavy atom. The van der Waals surface area contributed by atoms with Gasteiger partial charge in [0.2, 0.25) is 0 Å². The number of aromatic nitrogens is 3. The minimum absolute atomic E-state index is 0.000667. The van der Waals surface area contributed by atoms with E-state index in [2.05, 4.69) is 22.3 Å². The summed E-state index contributed by atoms with van der Waals surface area (Å²) < 4.78 is 102. The van der Waals surface area contributed by atoms with Crippen molar-refractivity contribution in [2.75, 3.05) is 12.0 Å². The highest BCUT2D eigenvalue weighted by atomic mass is 35.5. The van der Waals surface area contributed by atoms with Gasteiger partial charge < -0.3 is 15.8 Å². The quantitative estimate of drug-likeness (QED) is 0.138. The van der Waals surface area contributed by atoms with Crippen LogP contribution in [0.15, 0.2) is 30.3 Å². The van der Waals surface area contributed by atoms with Gasteiger partial charge in [0.1, 0.15) is 27.7 Å². The number of nitrogen functional groups attached to an aromatic ring is 1. The Balaban J connectivity index is 1.90. The van der Waals surface area contributed by atoms with Crippen LogP contribution in [0.5, 0.6) is 0 Å². The summed E-state index contributed by atoms with van der Waals surface area (Å²) in [7, 11) is -3.67. The summed E-state index contributed by atoms with van der Waals surface area (Å²) in [6.07, 6.45) is -5.21. The van der Waals surface area contributed by atoms with Crippen molar-refractivity contribution in [2.24, 2.45) is 0 Å². The molecule has 2 aromatic heterocycles. The number of nitrogens with zero attached hydrogens (tertiary/aromatic N) is 3. The molecule has 1 aliphatic carbocycles. The van der Waals surface area contributed by atoms with E-state index in [4.69, 9.17) is 27.1 Å². The zero-order valence-corrected chi connectivity index (χ0v) is 30.7. The number of alkyl halides is 3. The number of nitrogens with two attached hydrogens (primary N) is 1. The monoisotopic (exact) mass is 765 g/mol. The molecule has 0 fully saturated rings. The number of sulfone groups is 1. The van der Waals surface area contributed by atoms with Crippen LogP contribution in [0.3, 0.4) is 0 Å². The van der Waals surface area contributed by atoms with Crippen LogP contribution in [0.2, 0.25) is 5.02 Å². The number of fused-ring (bicyclic) bond motifs is 2. The predicted molar refractivity (Wildman–Crippen MR) is 189 cm³/mol. The van der Waals surface area contributed by atoms with E-state index in [1.54, 1.807) is 20.8 Å². The minimum Gasteiger partial charge on any atom is -0.444 e. The van der Waals surface area contributed by atoms with Crippen molar-refractivity contribution in [1.29, 1.82) is 0 Å². The van der Waals surface area contributed by atoms with E-state index in [9.17, 15) is 30.8 Å². The maximum atomic E-state index is 15.3. The third kappa shape index (κ3) is 7.97. The maximum absolute atomic E-state index is 15.3. The lowest BCUT2D eigenvalue weighted by molar-refractivity contribution is 0.00366. The van der Waals surface area contributed by atoms with Crippen molar-refractivity contribution in [3.63, 3.8) is 0 Å². The number of alkyl carbamates (subject to hydrolysis) is 1. The minimum atomic E-state index is -3.67. The van der Waals surface area contributed by atoms with Crippen molar-refractivity contribution < 1.29 is 39.9 Å². The third-order valence-electron chi connectivity index (χ3n) is 8.62. The number of pyridine rings is 1. The molecule has 0 bridgehead atoms. The fraction of sp³-hybridized carbons (Fsp3) is 0.417. The molecule has 16 heteroatoms. The van der Waals surface area contributed by atoms with Gasteiger partial charge in [0, 0.05) is 23.4 Å². The number of nitrogens with one attached hydrogen (secondary N) is 1. The summed E-state index contributed by atoms with van der Waals surface area (Å²) in [6, 6.07) is 4.48. The standard InChI is InChI=1S/C36H37ClF5N5O4S/c1-35(2,3)51-34(48)45-26(16-18-14-19(38)17-20(39)15-18)29-27(22-9-7-8-21(22)25(44-29)12-13-36(4,5)52(6,49)50)23-10-11-24(37)28-30(23)47(46-33(28)43)32(42)31(40)41/h10-11,14-15,17,26,31-32H,7-9,16H2,1-6H3,(H2,43,46)(H,45,48)/t26-,32?/m0/s1. The van der Waals surface area contributed by atoms with Crippen LogP contribution in [0.1, 0.15) is 81.5 Å². The second-order valence-electron chi connectivity index (χ2n) is 14.1. The van der Waals surface area contributed by atoms with E-state index >= 15 is 4.39 Å². The molecule has 4 aromatic rings. The number of amides is 1. The van der Waals surface area contributed by atoms with Crippen LogP contribution in [0.4, 0.5) is 32.6 Å². The predicted octanol–water partition coefficient (Wildman–Crippen LogP) is 7.82. The number of carbonyl (C=O) groups excluding carboxylic acids is 1. The van der Waals surface area contributed by atoms with Crippen LogP contribution < -0.4 is 11.1 Å². The summed E-state index contributed by atoms with van der Waals surface area (Å²) in [6.45, 7) is 7.76. The fourth-order valence-corrected chi connectivity index (χ4v) is 6.51. The molecule has 2 heterocycles. The fourth-order valence-electron chi connectivity index (χ4n) is 6.02. The SMILES string of the molecule is CC(C)(C)OC(=O)N[C@@H](Cc1cc(F)cc(F)c1)c1nc(C#CC(C)(C)S(C)(=O)=O)c2c(c1-c1ccc(Cl)c3c(N)nn(C(F)C(F)F)c13)CCC2. The highest BCUT2D eigenvalue weighted by molar-refractivity contribution is 7.92. The number of halogens is 6. The normalized spacial score (nSPS) is 14.6. The molecule has 0 saturated carbocycles. The first-order chi connectivity index (χ1) is 24.1. The topological polar surface area (TPSA) is 129 Å². The highest BCUT2D eigenvalue weighted by Crippen LogP contribution is 2.45. The molecule has 5 rings (SSSR count). The molecule has 0 radical (unpaired) electrons. The molecule has 1 aliphatic rings. The molecule has 0 aliphatic heterocycles. The zero-order chi connectivity index (χ0) is 38.5. The lowest BCUT2D eigenvalue weighted by atomic mass is 9.88. The first-order valence-electron chi connectivity index (χ1n) is 16.2. The van der Waals surface area contributed by atoms with E-state index in [1.165, 1.54) is 26.0 Å². The molecule has 0 saturated heterocycles. The van der Waals surface area contributed by atoms with Crippen LogP contribution in [-0.2, 0) is 33.8 Å². The number of benzene rings is 2. The van der Waals surface area contributed by atoms with Gasteiger partial charge in [-0.15, -0.1) is 0 Å². The second kappa shape index (κ2) is 14.2. The van der Waals surface area contributed by atoms with Gasteiger partial charge in [0.15, 0.2) is 15.7 Å². The Hall–Kier alpha value is -4.42. The molecular formula is C36H37ClF5N5O4S. The van der Waals surface area contributed by atoms with Crippen molar-refractivity contribution >= 4 is 44.3 Å². The van der Waals surface area contributed by atoms with E-state index in [1.807, 2.05) is 0 Å². The number of anilines is 1. The average Bonchev–Trinajstić information content (AvgIpc) is 3.63. The Kier molecular flexibility index (Phi) is 10.6. The van der Waals surface area contributed by atoms with Crippen LogP contribution in [-0.4, -0.2) is 52.3 Å². The van der Waals surface area contributed by atoms with Gasteiger partial charge in [0.25, 0.3) is 12.7 Å². The smallest absolute Gasteiger partial charge is 0.408 e. The third-order valence-corrected chi connectivity index (χ3v) is 10.9. The number of hydrogen-bond acceptors (Lipinski definition) is 7. The van der Waals surface area contributed by atoms with Gasteiger partial charge in [-0.05, 0) is 101 Å². The Bertz CT molecular complexity index is 2220. The molecule has 3 N–H and O–H groups in total. The van der Waals surface area contributed by atoms with E-state index in [0.29, 0.717) is 41.1 Å². The highest BCUT2D eigenvalue weighted by Gasteiger charge is 2.34. The number of hydrogen-bond donors (Lipinski definition) is 2. The van der Waals surface area contributed by atoms with Crippen LogP contribution in [0, 0.1) is 23.5 Å². The Morgan fingerprint density at radius 3 is 2.31 bits per heavy atom. The van der Waals surface area contributed by atoms with Crippen molar-refractivity contribution in [1.82, 2.24) is 20.1 Å².